The number of nitrogens with one attached hydrogen (secondary N) is 1. The standard InChI is InChI=1S/C15H26N2O5/c1-4-15(2,3)13(20)22-10-7-16-14(21)17-8-5-11(6-9-17)12(18)19/h11H,4-10H2,1-3H3,(H,16,21)(H,18,19). The first-order valence-corrected chi connectivity index (χ1v) is 7.70. The fourth-order valence-corrected chi connectivity index (χ4v) is 2.08. The third-order valence-corrected chi connectivity index (χ3v) is 4.18. The molecule has 1 fully saturated rings. The van der Waals surface area contributed by atoms with E-state index in [2.05, 4.69) is 5.32 Å². The van der Waals surface area contributed by atoms with Crippen molar-refractivity contribution in [3.05, 3.63) is 0 Å². The molecule has 126 valence electrons. The molecule has 0 spiro atoms. The number of ether oxygens (including phenoxy) is 1. The summed E-state index contributed by atoms with van der Waals surface area (Å²) in [4.78, 5) is 36.1. The number of carboxylic acid groups (broad SMARTS) is 1. The zero-order chi connectivity index (χ0) is 16.8. The number of nitrogens with zero attached hydrogens (tertiary/aromatic N) is 1. The third-order valence-electron chi connectivity index (χ3n) is 4.18. The van der Waals surface area contributed by atoms with Crippen LogP contribution in [0.15, 0.2) is 0 Å². The molecule has 1 aliphatic rings. The number of carbonyl (C=O) groups excluding carboxylic acids is 2. The van der Waals surface area contributed by atoms with E-state index in [-0.39, 0.29) is 31.1 Å². The molecule has 0 aliphatic carbocycles. The molecule has 2 N–H and O–H groups in total. The molecule has 1 saturated heterocycles. The van der Waals surface area contributed by atoms with Gasteiger partial charge < -0.3 is 20.1 Å². The number of piperidine rings is 1. The molecule has 22 heavy (non-hydrogen) atoms. The molecule has 1 aliphatic heterocycles. The van der Waals surface area contributed by atoms with E-state index in [0.717, 1.165) is 0 Å². The maximum Gasteiger partial charge on any atom is 0.317 e. The van der Waals surface area contributed by atoms with Gasteiger partial charge in [0.2, 0.25) is 0 Å². The Bertz CT molecular complexity index is 414. The minimum Gasteiger partial charge on any atom is -0.481 e. The van der Waals surface area contributed by atoms with Gasteiger partial charge in [-0.2, -0.15) is 0 Å². The summed E-state index contributed by atoms with van der Waals surface area (Å²) in [6.07, 6.45) is 1.64. The van der Waals surface area contributed by atoms with Gasteiger partial charge in [0.15, 0.2) is 0 Å². The highest BCUT2D eigenvalue weighted by Gasteiger charge is 2.28. The number of carbonyl (C=O) groups is 3. The molecule has 7 heteroatoms. The van der Waals surface area contributed by atoms with Crippen molar-refractivity contribution < 1.29 is 24.2 Å². The zero-order valence-corrected chi connectivity index (χ0v) is 13.6. The summed E-state index contributed by atoms with van der Waals surface area (Å²) in [7, 11) is 0. The molecule has 0 aromatic rings. The number of amides is 2. The van der Waals surface area contributed by atoms with E-state index in [9.17, 15) is 14.4 Å². The Kier molecular flexibility index (Phi) is 6.64. The van der Waals surface area contributed by atoms with Crippen LogP contribution in [0.3, 0.4) is 0 Å². The first-order valence-electron chi connectivity index (χ1n) is 7.70. The van der Waals surface area contributed by atoms with Crippen molar-refractivity contribution in [1.29, 1.82) is 0 Å². The minimum atomic E-state index is -0.800. The number of rotatable bonds is 6. The van der Waals surface area contributed by atoms with E-state index in [4.69, 9.17) is 9.84 Å². The largest absolute Gasteiger partial charge is 0.481 e. The summed E-state index contributed by atoms with van der Waals surface area (Å²) in [5.74, 6) is -1.43. The number of urea groups is 1. The first-order chi connectivity index (χ1) is 10.3. The molecule has 1 rings (SSSR count). The van der Waals surface area contributed by atoms with Crippen molar-refractivity contribution in [3.63, 3.8) is 0 Å². The SMILES string of the molecule is CCC(C)(C)C(=O)OCCNC(=O)N1CCC(C(=O)O)CC1. The van der Waals surface area contributed by atoms with Crippen molar-refractivity contribution in [1.82, 2.24) is 10.2 Å². The van der Waals surface area contributed by atoms with Gasteiger partial charge in [-0.1, -0.05) is 6.92 Å². The number of esters is 1. The molecule has 1 heterocycles. The van der Waals surface area contributed by atoms with Crippen molar-refractivity contribution in [2.45, 2.75) is 40.0 Å². The van der Waals surface area contributed by atoms with Gasteiger partial charge >= 0.3 is 18.0 Å². The van der Waals surface area contributed by atoms with E-state index >= 15 is 0 Å². The highest BCUT2D eigenvalue weighted by molar-refractivity contribution is 5.76. The van der Waals surface area contributed by atoms with E-state index in [0.29, 0.717) is 32.4 Å². The lowest BCUT2D eigenvalue weighted by Gasteiger charge is -2.30. The van der Waals surface area contributed by atoms with Crippen molar-refractivity contribution >= 4 is 18.0 Å². The molecule has 0 radical (unpaired) electrons. The maximum atomic E-state index is 11.9. The van der Waals surface area contributed by atoms with Crippen LogP contribution in [-0.4, -0.2) is 54.2 Å². The van der Waals surface area contributed by atoms with Crippen LogP contribution in [0, 0.1) is 11.3 Å². The number of aliphatic carboxylic acids is 1. The Morgan fingerprint density at radius 2 is 1.86 bits per heavy atom. The molecule has 0 bridgehead atoms. The van der Waals surface area contributed by atoms with Gasteiger partial charge in [-0.25, -0.2) is 4.79 Å². The molecule has 0 aromatic carbocycles. The Balaban J connectivity index is 2.22. The lowest BCUT2D eigenvalue weighted by Crippen LogP contribution is -2.46. The molecule has 0 aromatic heterocycles. The van der Waals surface area contributed by atoms with Crippen molar-refractivity contribution in [2.75, 3.05) is 26.2 Å². The topological polar surface area (TPSA) is 95.9 Å². The Morgan fingerprint density at radius 3 is 2.36 bits per heavy atom. The monoisotopic (exact) mass is 314 g/mol. The van der Waals surface area contributed by atoms with Crippen LogP contribution >= 0.6 is 0 Å². The van der Waals surface area contributed by atoms with Crippen LogP contribution in [0.5, 0.6) is 0 Å². The molecule has 0 unspecified atom stereocenters. The Labute approximate surface area is 131 Å². The summed E-state index contributed by atoms with van der Waals surface area (Å²) in [5, 5.41) is 11.6. The summed E-state index contributed by atoms with van der Waals surface area (Å²) >= 11 is 0. The summed E-state index contributed by atoms with van der Waals surface area (Å²) < 4.78 is 5.13. The normalized spacial score (nSPS) is 16.2. The molecular formula is C15H26N2O5. The van der Waals surface area contributed by atoms with Gasteiger partial charge in [-0.05, 0) is 33.1 Å². The summed E-state index contributed by atoms with van der Waals surface area (Å²) in [5.41, 5.74) is -0.511. The Hall–Kier alpha value is -1.79. The zero-order valence-electron chi connectivity index (χ0n) is 13.6. The van der Waals surface area contributed by atoms with Gasteiger partial charge in [-0.3, -0.25) is 9.59 Å². The predicted molar refractivity (Wildman–Crippen MR) is 80.4 cm³/mol. The second kappa shape index (κ2) is 8.00. The average Bonchev–Trinajstić information content (AvgIpc) is 2.51. The number of likely N-dealkylation sites (tertiary alicyclic amines) is 1. The molecule has 0 saturated carbocycles. The Morgan fingerprint density at radius 1 is 1.27 bits per heavy atom. The highest BCUT2D eigenvalue weighted by atomic mass is 16.5. The molecule has 2 amide bonds. The second-order valence-electron chi connectivity index (χ2n) is 6.20. The molecule has 7 nitrogen and oxygen atoms in total. The molecule has 0 atom stereocenters. The summed E-state index contributed by atoms with van der Waals surface area (Å²) in [6, 6.07) is -0.241. The highest BCUT2D eigenvalue weighted by Crippen LogP contribution is 2.21. The van der Waals surface area contributed by atoms with Crippen LogP contribution in [0.4, 0.5) is 4.79 Å². The summed E-state index contributed by atoms with van der Waals surface area (Å²) in [6.45, 7) is 6.82. The maximum absolute atomic E-state index is 11.9. The smallest absolute Gasteiger partial charge is 0.317 e. The third kappa shape index (κ3) is 5.20. The van der Waals surface area contributed by atoms with Gasteiger partial charge in [0.05, 0.1) is 17.9 Å². The van der Waals surface area contributed by atoms with E-state index in [1.807, 2.05) is 20.8 Å². The van der Waals surface area contributed by atoms with Gasteiger partial charge in [0.25, 0.3) is 0 Å². The quantitative estimate of drug-likeness (QED) is 0.572. The van der Waals surface area contributed by atoms with E-state index in [1.54, 1.807) is 4.90 Å². The van der Waals surface area contributed by atoms with Crippen LogP contribution in [0.1, 0.15) is 40.0 Å². The van der Waals surface area contributed by atoms with Crippen molar-refractivity contribution in [3.8, 4) is 0 Å². The minimum absolute atomic E-state index is 0.138. The molecular weight excluding hydrogens is 288 g/mol. The van der Waals surface area contributed by atoms with Gasteiger partial charge in [0.1, 0.15) is 6.61 Å². The fourth-order valence-electron chi connectivity index (χ4n) is 2.08. The van der Waals surface area contributed by atoms with E-state index in [1.165, 1.54) is 0 Å². The van der Waals surface area contributed by atoms with Crippen LogP contribution in [0.25, 0.3) is 0 Å². The lowest BCUT2D eigenvalue weighted by atomic mass is 9.91. The first kappa shape index (κ1) is 18.3. The number of carboxylic acids is 1. The van der Waals surface area contributed by atoms with Gasteiger partial charge in [-0.15, -0.1) is 0 Å². The van der Waals surface area contributed by atoms with E-state index < -0.39 is 11.4 Å². The van der Waals surface area contributed by atoms with Crippen LogP contribution in [-0.2, 0) is 14.3 Å². The van der Waals surface area contributed by atoms with Crippen molar-refractivity contribution in [2.24, 2.45) is 11.3 Å². The average molecular weight is 314 g/mol. The van der Waals surface area contributed by atoms with Gasteiger partial charge in [0, 0.05) is 13.1 Å². The lowest BCUT2D eigenvalue weighted by molar-refractivity contribution is -0.153. The van der Waals surface area contributed by atoms with Crippen LogP contribution in [0.2, 0.25) is 0 Å². The number of hydrogen-bond acceptors (Lipinski definition) is 4. The second-order valence-corrected chi connectivity index (χ2v) is 6.20. The van der Waals surface area contributed by atoms with Crippen LogP contribution < -0.4 is 5.32 Å². The number of hydrogen-bond donors (Lipinski definition) is 2. The predicted octanol–water partition coefficient (Wildman–Crippen LogP) is 1.47. The fraction of sp³-hybridized carbons (Fsp3) is 0.800.